The van der Waals surface area contributed by atoms with Gasteiger partial charge in [0.2, 0.25) is 0 Å². The van der Waals surface area contributed by atoms with Gasteiger partial charge in [-0.15, -0.1) is 0 Å². The summed E-state index contributed by atoms with van der Waals surface area (Å²) >= 11 is 0. The second-order valence-corrected chi connectivity index (χ2v) is 7.38. The molecule has 1 heterocycles. The zero-order chi connectivity index (χ0) is 20.1. The molecule has 2 atom stereocenters. The maximum atomic E-state index is 12.9. The Kier molecular flexibility index (Phi) is 6.62. The first-order chi connectivity index (χ1) is 13.4. The minimum absolute atomic E-state index is 0.112. The fourth-order valence-corrected chi connectivity index (χ4v) is 3.72. The zero-order valence-electron chi connectivity index (χ0n) is 15.9. The Bertz CT molecular complexity index is 726. The predicted molar refractivity (Wildman–Crippen MR) is 102 cm³/mol. The molecule has 0 radical (unpaired) electrons. The molecule has 2 aromatic carbocycles. The quantitative estimate of drug-likeness (QED) is 0.756. The molecule has 1 saturated heterocycles. The summed E-state index contributed by atoms with van der Waals surface area (Å²) in [6.07, 6.45) is -2.93. The molecule has 0 aromatic heterocycles. The van der Waals surface area contributed by atoms with Gasteiger partial charge < -0.3 is 9.84 Å². The normalized spacial score (nSPS) is 18.6. The molecule has 152 valence electrons. The van der Waals surface area contributed by atoms with Crippen LogP contribution in [-0.2, 0) is 6.18 Å². The molecular weight excluding hydrogens is 367 g/mol. The summed E-state index contributed by atoms with van der Waals surface area (Å²) < 4.78 is 45.0. The maximum Gasteiger partial charge on any atom is 0.416 e. The van der Waals surface area contributed by atoms with Crippen molar-refractivity contribution in [1.29, 1.82) is 0 Å². The molecule has 0 aliphatic carbocycles. The van der Waals surface area contributed by atoms with Crippen LogP contribution >= 0.6 is 0 Å². The van der Waals surface area contributed by atoms with Crippen LogP contribution in [0, 0.1) is 5.92 Å². The third-order valence-corrected chi connectivity index (χ3v) is 5.46. The molecule has 6 heteroatoms. The lowest BCUT2D eigenvalue weighted by molar-refractivity contribution is -0.137. The van der Waals surface area contributed by atoms with Crippen LogP contribution in [0.3, 0.4) is 0 Å². The van der Waals surface area contributed by atoms with Crippen molar-refractivity contribution in [3.8, 4) is 5.75 Å². The molecule has 0 amide bonds. The van der Waals surface area contributed by atoms with E-state index in [0.29, 0.717) is 5.75 Å². The highest BCUT2D eigenvalue weighted by atomic mass is 19.4. The van der Waals surface area contributed by atoms with E-state index in [1.54, 1.807) is 0 Å². The number of nitrogens with zero attached hydrogens (tertiary/aromatic N) is 1. The molecule has 0 spiro atoms. The van der Waals surface area contributed by atoms with Crippen molar-refractivity contribution in [1.82, 2.24) is 4.90 Å². The number of likely N-dealkylation sites (tertiary alicyclic amines) is 1. The molecule has 1 unspecified atom stereocenters. The number of halogens is 3. The van der Waals surface area contributed by atoms with E-state index in [2.05, 4.69) is 4.90 Å². The summed E-state index contributed by atoms with van der Waals surface area (Å²) in [5, 5.41) is 9.37. The highest BCUT2D eigenvalue weighted by Crippen LogP contribution is 2.37. The summed E-state index contributed by atoms with van der Waals surface area (Å²) in [4.78, 5) is 2.24. The first-order valence-electron chi connectivity index (χ1n) is 9.62. The van der Waals surface area contributed by atoms with E-state index in [1.807, 2.05) is 37.3 Å². The van der Waals surface area contributed by atoms with E-state index in [9.17, 15) is 18.3 Å². The fraction of sp³-hybridized carbons (Fsp3) is 0.455. The summed E-state index contributed by atoms with van der Waals surface area (Å²) in [6, 6.07) is 14.8. The summed E-state index contributed by atoms with van der Waals surface area (Å²) in [6.45, 7) is 3.78. The van der Waals surface area contributed by atoms with Crippen LogP contribution in [0.25, 0.3) is 0 Å². The molecule has 1 aliphatic heterocycles. The third-order valence-electron chi connectivity index (χ3n) is 5.46. The third kappa shape index (κ3) is 5.06. The number of hydrogen-bond acceptors (Lipinski definition) is 3. The average molecular weight is 393 g/mol. The van der Waals surface area contributed by atoms with Gasteiger partial charge in [-0.25, -0.2) is 0 Å². The summed E-state index contributed by atoms with van der Waals surface area (Å²) in [7, 11) is 0. The molecule has 1 N–H and O–H groups in total. The van der Waals surface area contributed by atoms with Crippen LogP contribution in [0.1, 0.15) is 37.0 Å². The van der Waals surface area contributed by atoms with Gasteiger partial charge in [0.15, 0.2) is 0 Å². The van der Waals surface area contributed by atoms with Crippen molar-refractivity contribution in [2.75, 3.05) is 19.7 Å². The van der Waals surface area contributed by atoms with Crippen molar-refractivity contribution in [3.05, 3.63) is 65.7 Å². The Labute approximate surface area is 163 Å². The number of rotatable bonds is 6. The molecule has 3 rings (SSSR count). The number of aliphatic hydroxyl groups excluding tert-OH is 1. The lowest BCUT2D eigenvalue weighted by Crippen LogP contribution is -2.43. The van der Waals surface area contributed by atoms with Crippen molar-refractivity contribution >= 4 is 0 Å². The smallest absolute Gasteiger partial charge is 0.416 e. The van der Waals surface area contributed by atoms with Crippen molar-refractivity contribution in [3.63, 3.8) is 0 Å². The molecule has 28 heavy (non-hydrogen) atoms. The number of alkyl halides is 3. The number of piperidine rings is 1. The van der Waals surface area contributed by atoms with Crippen molar-refractivity contribution in [2.45, 2.75) is 38.1 Å². The monoisotopic (exact) mass is 393 g/mol. The summed E-state index contributed by atoms with van der Waals surface area (Å²) in [5.74, 6) is 0.901. The van der Waals surface area contributed by atoms with Crippen molar-refractivity contribution < 1.29 is 23.0 Å². The van der Waals surface area contributed by atoms with Crippen LogP contribution in [0.4, 0.5) is 13.2 Å². The standard InChI is InChI=1S/C22H26F3NO2/c1-16(15-27)26-13-11-18(12-14-26)21(28-20-5-3-2-4-6-20)17-7-9-19(10-8-17)22(23,24)25/h2-10,16,18,21,27H,11-15H2,1H3/t16-,21?/m1/s1. The van der Waals surface area contributed by atoms with Crippen LogP contribution in [0.15, 0.2) is 54.6 Å². The van der Waals surface area contributed by atoms with E-state index in [0.717, 1.165) is 43.6 Å². The molecule has 0 saturated carbocycles. The van der Waals surface area contributed by atoms with Gasteiger partial charge in [0.1, 0.15) is 11.9 Å². The number of hydrogen-bond donors (Lipinski definition) is 1. The molecule has 1 fully saturated rings. The molecular formula is C22H26F3NO2. The van der Waals surface area contributed by atoms with E-state index in [1.165, 1.54) is 12.1 Å². The van der Waals surface area contributed by atoms with Gasteiger partial charge in [-0.3, -0.25) is 4.90 Å². The van der Waals surface area contributed by atoms with Crippen LogP contribution < -0.4 is 4.74 Å². The molecule has 3 nitrogen and oxygen atoms in total. The highest BCUT2D eigenvalue weighted by molar-refractivity contribution is 5.29. The van der Waals surface area contributed by atoms with Gasteiger partial charge in [-0.2, -0.15) is 13.2 Å². The van der Waals surface area contributed by atoms with Gasteiger partial charge in [-0.05, 0) is 62.7 Å². The lowest BCUT2D eigenvalue weighted by atomic mass is 9.86. The van der Waals surface area contributed by atoms with Gasteiger partial charge in [-0.1, -0.05) is 30.3 Å². The maximum absolute atomic E-state index is 12.9. The molecule has 1 aliphatic rings. The number of ether oxygens (including phenoxy) is 1. The number of benzene rings is 2. The molecule has 0 bridgehead atoms. The Balaban J connectivity index is 1.80. The number of para-hydroxylation sites is 1. The van der Waals surface area contributed by atoms with E-state index >= 15 is 0 Å². The minimum Gasteiger partial charge on any atom is -0.485 e. The second-order valence-electron chi connectivity index (χ2n) is 7.38. The largest absolute Gasteiger partial charge is 0.485 e. The lowest BCUT2D eigenvalue weighted by Gasteiger charge is -2.38. The van der Waals surface area contributed by atoms with Gasteiger partial charge in [0, 0.05) is 12.0 Å². The highest BCUT2D eigenvalue weighted by Gasteiger charge is 2.33. The Morgan fingerprint density at radius 1 is 1.04 bits per heavy atom. The SMILES string of the molecule is C[C@H](CO)N1CCC(C(Oc2ccccc2)c2ccc(C(F)(F)F)cc2)CC1. The average Bonchev–Trinajstić information content (AvgIpc) is 2.72. The Morgan fingerprint density at radius 3 is 2.18 bits per heavy atom. The van der Waals surface area contributed by atoms with Gasteiger partial charge in [0.25, 0.3) is 0 Å². The van der Waals surface area contributed by atoms with Crippen molar-refractivity contribution in [2.24, 2.45) is 5.92 Å². The van der Waals surface area contributed by atoms with E-state index in [-0.39, 0.29) is 24.7 Å². The van der Waals surface area contributed by atoms with E-state index < -0.39 is 11.7 Å². The van der Waals surface area contributed by atoms with E-state index in [4.69, 9.17) is 4.74 Å². The Morgan fingerprint density at radius 2 is 1.64 bits per heavy atom. The van der Waals surface area contributed by atoms with Crippen LogP contribution in [-0.4, -0.2) is 35.7 Å². The fourth-order valence-electron chi connectivity index (χ4n) is 3.72. The van der Waals surface area contributed by atoms with Gasteiger partial charge >= 0.3 is 6.18 Å². The predicted octanol–water partition coefficient (Wildman–Crippen LogP) is 4.92. The summed E-state index contributed by atoms with van der Waals surface area (Å²) in [5.41, 5.74) is 0.104. The van der Waals surface area contributed by atoms with Crippen LogP contribution in [0.2, 0.25) is 0 Å². The first kappa shape index (κ1) is 20.7. The molecule has 2 aromatic rings. The first-order valence-corrected chi connectivity index (χ1v) is 9.62. The van der Waals surface area contributed by atoms with Gasteiger partial charge in [0.05, 0.1) is 12.2 Å². The minimum atomic E-state index is -4.35. The second kappa shape index (κ2) is 8.97. The zero-order valence-corrected chi connectivity index (χ0v) is 15.9. The number of aliphatic hydroxyl groups is 1. The topological polar surface area (TPSA) is 32.7 Å². The van der Waals surface area contributed by atoms with Crippen LogP contribution in [0.5, 0.6) is 5.75 Å². The Hall–Kier alpha value is -2.05.